The molecule has 4 nitrogen and oxygen atoms in total. The number of benzene rings is 2. The molecule has 0 aliphatic heterocycles. The summed E-state index contributed by atoms with van der Waals surface area (Å²) in [5.74, 6) is 0.116. The number of pyridine rings is 1. The van der Waals surface area contributed by atoms with E-state index in [9.17, 15) is 4.79 Å². The summed E-state index contributed by atoms with van der Waals surface area (Å²) < 4.78 is 11.3. The summed E-state index contributed by atoms with van der Waals surface area (Å²) in [6.45, 7) is 0. The largest absolute Gasteiger partial charge is 0.465 e. The molecule has 1 atom stereocenters. The van der Waals surface area contributed by atoms with Crippen molar-refractivity contribution in [2.24, 2.45) is 0 Å². The molecule has 2 aromatic carbocycles. The van der Waals surface area contributed by atoms with Crippen LogP contribution in [-0.4, -0.2) is 11.0 Å². The summed E-state index contributed by atoms with van der Waals surface area (Å²) in [6, 6.07) is 22.2. The van der Waals surface area contributed by atoms with Crippen LogP contribution in [0.4, 0.5) is 0 Å². The third-order valence-corrected chi connectivity index (χ3v) is 3.99. The van der Waals surface area contributed by atoms with Gasteiger partial charge in [0.05, 0.1) is 17.5 Å². The van der Waals surface area contributed by atoms with Crippen LogP contribution in [0.5, 0.6) is 0 Å². The SMILES string of the molecule is O=C(O[C@@H](c1ccco1)c1nccc2ccccc12)c1ccccc1. The van der Waals surface area contributed by atoms with Crippen molar-refractivity contribution in [3.8, 4) is 0 Å². The number of esters is 1. The Morgan fingerprint density at radius 1 is 0.920 bits per heavy atom. The van der Waals surface area contributed by atoms with Gasteiger partial charge in [0.2, 0.25) is 6.10 Å². The molecule has 4 rings (SSSR count). The van der Waals surface area contributed by atoms with Gasteiger partial charge >= 0.3 is 5.97 Å². The molecular weight excluding hydrogens is 314 g/mol. The standard InChI is InChI=1S/C21H15NO3/c23-21(16-8-2-1-3-9-16)25-20(18-11-6-14-24-18)19-17-10-5-4-7-15(17)12-13-22-19/h1-14,20H/t20-/m0/s1. The average molecular weight is 329 g/mol. The van der Waals surface area contributed by atoms with Crippen LogP contribution >= 0.6 is 0 Å². The van der Waals surface area contributed by atoms with Crippen molar-refractivity contribution in [3.63, 3.8) is 0 Å². The molecule has 0 unspecified atom stereocenters. The highest BCUT2D eigenvalue weighted by molar-refractivity contribution is 5.90. The number of fused-ring (bicyclic) bond motifs is 1. The van der Waals surface area contributed by atoms with Crippen LogP contribution in [0.25, 0.3) is 10.8 Å². The maximum absolute atomic E-state index is 12.6. The Hall–Kier alpha value is -3.40. The van der Waals surface area contributed by atoms with E-state index in [0.29, 0.717) is 17.0 Å². The van der Waals surface area contributed by atoms with Crippen LogP contribution in [0.1, 0.15) is 27.9 Å². The fraction of sp³-hybridized carbons (Fsp3) is 0.0476. The fourth-order valence-electron chi connectivity index (χ4n) is 2.79. The van der Waals surface area contributed by atoms with Gasteiger partial charge in [0.15, 0.2) is 5.76 Å². The van der Waals surface area contributed by atoms with Gasteiger partial charge in [-0.05, 0) is 35.7 Å². The first-order valence-corrected chi connectivity index (χ1v) is 7.96. The minimum Gasteiger partial charge on any atom is -0.465 e. The summed E-state index contributed by atoms with van der Waals surface area (Å²) in [7, 11) is 0. The van der Waals surface area contributed by atoms with Crippen LogP contribution in [0.3, 0.4) is 0 Å². The van der Waals surface area contributed by atoms with Crippen LogP contribution in [0, 0.1) is 0 Å². The van der Waals surface area contributed by atoms with Gasteiger partial charge < -0.3 is 9.15 Å². The molecule has 0 spiro atoms. The van der Waals surface area contributed by atoms with Crippen LogP contribution in [-0.2, 0) is 4.74 Å². The lowest BCUT2D eigenvalue weighted by Crippen LogP contribution is -2.14. The molecule has 0 amide bonds. The highest BCUT2D eigenvalue weighted by atomic mass is 16.6. The molecule has 0 bridgehead atoms. The summed E-state index contributed by atoms with van der Waals surface area (Å²) in [6.07, 6.45) is 2.56. The van der Waals surface area contributed by atoms with Gasteiger partial charge in [0.25, 0.3) is 0 Å². The van der Waals surface area contributed by atoms with E-state index >= 15 is 0 Å². The quantitative estimate of drug-likeness (QED) is 0.506. The third kappa shape index (κ3) is 3.02. The minimum atomic E-state index is -0.714. The van der Waals surface area contributed by atoms with E-state index < -0.39 is 12.1 Å². The van der Waals surface area contributed by atoms with Gasteiger partial charge in [-0.2, -0.15) is 0 Å². The van der Waals surface area contributed by atoms with Crippen molar-refractivity contribution in [2.75, 3.05) is 0 Å². The highest BCUT2D eigenvalue weighted by Crippen LogP contribution is 2.31. The van der Waals surface area contributed by atoms with Gasteiger partial charge in [-0.1, -0.05) is 42.5 Å². The first-order valence-electron chi connectivity index (χ1n) is 7.96. The number of rotatable bonds is 4. The second-order valence-corrected chi connectivity index (χ2v) is 5.58. The Kier molecular flexibility index (Phi) is 4.01. The highest BCUT2D eigenvalue weighted by Gasteiger charge is 2.25. The molecule has 2 aromatic heterocycles. The molecule has 0 saturated heterocycles. The molecule has 0 aliphatic carbocycles. The Labute approximate surface area is 144 Å². The second-order valence-electron chi connectivity index (χ2n) is 5.58. The number of nitrogens with zero attached hydrogens (tertiary/aromatic N) is 1. The maximum Gasteiger partial charge on any atom is 0.339 e. The van der Waals surface area contributed by atoms with Gasteiger partial charge in [-0.15, -0.1) is 0 Å². The van der Waals surface area contributed by atoms with E-state index in [1.807, 2.05) is 36.4 Å². The number of hydrogen-bond donors (Lipinski definition) is 0. The number of carbonyl (C=O) groups is 1. The number of furan rings is 1. The van der Waals surface area contributed by atoms with Crippen LogP contribution in [0.15, 0.2) is 89.7 Å². The molecule has 0 fully saturated rings. The van der Waals surface area contributed by atoms with Crippen molar-refractivity contribution < 1.29 is 13.9 Å². The van der Waals surface area contributed by atoms with E-state index in [-0.39, 0.29) is 0 Å². The normalized spacial score (nSPS) is 12.0. The van der Waals surface area contributed by atoms with Crippen LogP contribution in [0.2, 0.25) is 0 Å². The number of aromatic nitrogens is 1. The Morgan fingerprint density at radius 3 is 2.52 bits per heavy atom. The minimum absolute atomic E-state index is 0.420. The summed E-state index contributed by atoms with van der Waals surface area (Å²) in [5.41, 5.74) is 1.14. The zero-order valence-electron chi connectivity index (χ0n) is 13.3. The van der Waals surface area contributed by atoms with Crippen molar-refractivity contribution in [1.29, 1.82) is 0 Å². The summed E-state index contributed by atoms with van der Waals surface area (Å²) >= 11 is 0. The maximum atomic E-state index is 12.6. The van der Waals surface area contributed by atoms with Crippen LogP contribution < -0.4 is 0 Å². The smallest absolute Gasteiger partial charge is 0.339 e. The second kappa shape index (κ2) is 6.61. The molecule has 0 saturated carbocycles. The lowest BCUT2D eigenvalue weighted by molar-refractivity contribution is 0.0332. The molecule has 4 aromatic rings. The van der Waals surface area contributed by atoms with Gasteiger partial charge in [0, 0.05) is 11.6 Å². The fourth-order valence-corrected chi connectivity index (χ4v) is 2.79. The van der Waals surface area contributed by atoms with Gasteiger partial charge in [0.1, 0.15) is 0 Å². The molecule has 4 heteroatoms. The van der Waals surface area contributed by atoms with Crippen molar-refractivity contribution in [1.82, 2.24) is 4.98 Å². The van der Waals surface area contributed by atoms with E-state index in [1.165, 1.54) is 0 Å². The van der Waals surface area contributed by atoms with Gasteiger partial charge in [-0.25, -0.2) is 4.79 Å². The van der Waals surface area contributed by atoms with Crippen molar-refractivity contribution in [2.45, 2.75) is 6.10 Å². The van der Waals surface area contributed by atoms with Crippen molar-refractivity contribution >= 4 is 16.7 Å². The molecule has 2 heterocycles. The zero-order chi connectivity index (χ0) is 17.1. The molecule has 0 radical (unpaired) electrons. The molecule has 0 aliphatic rings. The number of hydrogen-bond acceptors (Lipinski definition) is 4. The molecular formula is C21H15NO3. The van der Waals surface area contributed by atoms with E-state index in [0.717, 1.165) is 10.8 Å². The summed E-state index contributed by atoms with van der Waals surface area (Å²) in [5, 5.41) is 1.95. The Morgan fingerprint density at radius 2 is 1.72 bits per heavy atom. The average Bonchev–Trinajstić information content (AvgIpc) is 3.21. The first-order chi connectivity index (χ1) is 12.3. The first kappa shape index (κ1) is 15.1. The number of ether oxygens (including phenoxy) is 1. The molecule has 0 N–H and O–H groups in total. The van der Waals surface area contributed by atoms with Crippen molar-refractivity contribution in [3.05, 3.63) is 102 Å². The third-order valence-electron chi connectivity index (χ3n) is 3.99. The van der Waals surface area contributed by atoms with E-state index in [2.05, 4.69) is 4.98 Å². The predicted octanol–water partition coefficient (Wildman–Crippen LogP) is 4.77. The van der Waals surface area contributed by atoms with E-state index in [4.69, 9.17) is 9.15 Å². The number of carbonyl (C=O) groups excluding carboxylic acids is 1. The Balaban J connectivity index is 1.78. The topological polar surface area (TPSA) is 52.3 Å². The zero-order valence-corrected chi connectivity index (χ0v) is 13.3. The molecule has 25 heavy (non-hydrogen) atoms. The molecule has 122 valence electrons. The van der Waals surface area contributed by atoms with E-state index in [1.54, 1.807) is 48.9 Å². The lowest BCUT2D eigenvalue weighted by atomic mass is 10.0. The monoisotopic (exact) mass is 329 g/mol. The predicted molar refractivity (Wildman–Crippen MR) is 94.2 cm³/mol. The lowest BCUT2D eigenvalue weighted by Gasteiger charge is -2.17. The Bertz CT molecular complexity index is 989. The van der Waals surface area contributed by atoms with Gasteiger partial charge in [-0.3, -0.25) is 4.98 Å². The summed E-state index contributed by atoms with van der Waals surface area (Å²) in [4.78, 5) is 17.0.